The van der Waals surface area contributed by atoms with Crippen molar-refractivity contribution in [3.8, 4) is 5.82 Å². The number of rotatable bonds is 2. The summed E-state index contributed by atoms with van der Waals surface area (Å²) in [6.45, 7) is 8.80. The van der Waals surface area contributed by atoms with Gasteiger partial charge in [0.05, 0.1) is 0 Å². The molecule has 0 N–H and O–H groups in total. The number of aromatic nitrogens is 5. The number of carbonyl (C=O) groups is 1. The average molecular weight is 315 g/mol. The number of amides is 1. The lowest BCUT2D eigenvalue weighted by atomic mass is 9.94. The number of carbonyl (C=O) groups excluding carboxylic acids is 1. The van der Waals surface area contributed by atoms with Crippen LogP contribution >= 0.6 is 0 Å². The van der Waals surface area contributed by atoms with Crippen LogP contribution in [0.3, 0.4) is 0 Å². The Balaban J connectivity index is 1.69. The predicted octanol–water partition coefficient (Wildman–Crippen LogP) is 0.752. The SMILES string of the molecule is CC(C)(C)C(=O)N1CCN(c2cc(-n3cncn3)ncn2)CC1. The molecule has 0 spiro atoms. The Bertz CT molecular complexity index is 669. The van der Waals surface area contributed by atoms with Gasteiger partial charge in [0.15, 0.2) is 5.82 Å². The molecule has 0 radical (unpaired) electrons. The minimum absolute atomic E-state index is 0.197. The van der Waals surface area contributed by atoms with Gasteiger partial charge in [-0.15, -0.1) is 0 Å². The van der Waals surface area contributed by atoms with Gasteiger partial charge >= 0.3 is 0 Å². The van der Waals surface area contributed by atoms with Crippen LogP contribution in [0.5, 0.6) is 0 Å². The molecule has 0 bridgehead atoms. The molecular formula is C15H21N7O. The highest BCUT2D eigenvalue weighted by Crippen LogP contribution is 2.20. The van der Waals surface area contributed by atoms with E-state index in [9.17, 15) is 4.79 Å². The molecule has 3 rings (SSSR count). The van der Waals surface area contributed by atoms with Gasteiger partial charge in [0, 0.05) is 37.7 Å². The van der Waals surface area contributed by atoms with E-state index in [2.05, 4.69) is 25.0 Å². The van der Waals surface area contributed by atoms with Crippen LogP contribution in [0.25, 0.3) is 5.82 Å². The quantitative estimate of drug-likeness (QED) is 0.813. The van der Waals surface area contributed by atoms with E-state index in [1.807, 2.05) is 31.7 Å². The fraction of sp³-hybridized carbons (Fsp3) is 0.533. The van der Waals surface area contributed by atoms with Gasteiger partial charge in [-0.3, -0.25) is 4.79 Å². The monoisotopic (exact) mass is 315 g/mol. The first-order valence-electron chi connectivity index (χ1n) is 7.66. The summed E-state index contributed by atoms with van der Waals surface area (Å²) in [5.41, 5.74) is -0.336. The van der Waals surface area contributed by atoms with Crippen molar-refractivity contribution in [3.63, 3.8) is 0 Å². The van der Waals surface area contributed by atoms with Gasteiger partial charge in [0.2, 0.25) is 5.91 Å². The lowest BCUT2D eigenvalue weighted by Gasteiger charge is -2.38. The van der Waals surface area contributed by atoms with Crippen LogP contribution in [-0.2, 0) is 4.79 Å². The third-order valence-electron chi connectivity index (χ3n) is 3.82. The van der Waals surface area contributed by atoms with Crippen molar-refractivity contribution < 1.29 is 4.79 Å². The molecule has 1 aliphatic rings. The van der Waals surface area contributed by atoms with Crippen molar-refractivity contribution in [3.05, 3.63) is 25.0 Å². The number of hydrogen-bond donors (Lipinski definition) is 0. The second-order valence-corrected chi connectivity index (χ2v) is 6.60. The first kappa shape index (κ1) is 15.4. The lowest BCUT2D eigenvalue weighted by Crippen LogP contribution is -2.51. The largest absolute Gasteiger partial charge is 0.353 e. The van der Waals surface area contributed by atoms with Gasteiger partial charge in [0.1, 0.15) is 24.8 Å². The second kappa shape index (κ2) is 5.94. The zero-order valence-corrected chi connectivity index (χ0v) is 13.7. The van der Waals surface area contributed by atoms with Crippen LogP contribution in [0.2, 0.25) is 0 Å². The maximum Gasteiger partial charge on any atom is 0.228 e. The van der Waals surface area contributed by atoms with Gasteiger partial charge < -0.3 is 9.80 Å². The zero-order chi connectivity index (χ0) is 16.4. The maximum atomic E-state index is 12.3. The fourth-order valence-electron chi connectivity index (χ4n) is 2.57. The molecule has 0 atom stereocenters. The van der Waals surface area contributed by atoms with E-state index < -0.39 is 0 Å². The van der Waals surface area contributed by atoms with E-state index in [1.54, 1.807) is 11.0 Å². The number of nitrogens with zero attached hydrogens (tertiary/aromatic N) is 7. The highest BCUT2D eigenvalue weighted by atomic mass is 16.2. The highest BCUT2D eigenvalue weighted by Gasteiger charge is 2.30. The van der Waals surface area contributed by atoms with E-state index >= 15 is 0 Å². The van der Waals surface area contributed by atoms with Gasteiger partial charge in [-0.2, -0.15) is 5.10 Å². The summed E-state index contributed by atoms with van der Waals surface area (Å²) in [7, 11) is 0. The highest BCUT2D eigenvalue weighted by molar-refractivity contribution is 5.81. The van der Waals surface area contributed by atoms with E-state index in [-0.39, 0.29) is 11.3 Å². The molecular weight excluding hydrogens is 294 g/mol. The van der Waals surface area contributed by atoms with E-state index in [4.69, 9.17) is 0 Å². The molecule has 8 heteroatoms. The molecule has 0 saturated carbocycles. The normalized spacial score (nSPS) is 15.8. The molecule has 2 aromatic heterocycles. The van der Waals surface area contributed by atoms with Crippen LogP contribution in [0, 0.1) is 5.41 Å². The smallest absolute Gasteiger partial charge is 0.228 e. The molecule has 0 aromatic carbocycles. The van der Waals surface area contributed by atoms with Gasteiger partial charge in [-0.25, -0.2) is 19.6 Å². The van der Waals surface area contributed by atoms with Crippen LogP contribution in [-0.4, -0.2) is 61.7 Å². The van der Waals surface area contributed by atoms with Crippen LogP contribution in [0.15, 0.2) is 25.0 Å². The summed E-state index contributed by atoms with van der Waals surface area (Å²) in [5.74, 6) is 1.72. The van der Waals surface area contributed by atoms with Crippen LogP contribution in [0.1, 0.15) is 20.8 Å². The zero-order valence-electron chi connectivity index (χ0n) is 13.7. The van der Waals surface area contributed by atoms with Crippen molar-refractivity contribution in [1.82, 2.24) is 29.6 Å². The van der Waals surface area contributed by atoms with Crippen LogP contribution < -0.4 is 4.90 Å². The number of anilines is 1. The minimum atomic E-state index is -0.336. The summed E-state index contributed by atoms with van der Waals surface area (Å²) in [6, 6.07) is 1.88. The molecule has 122 valence electrons. The predicted molar refractivity (Wildman–Crippen MR) is 85.2 cm³/mol. The summed E-state index contributed by atoms with van der Waals surface area (Å²) in [5, 5.41) is 4.08. The topological polar surface area (TPSA) is 80.0 Å². The van der Waals surface area contributed by atoms with E-state index in [1.165, 1.54) is 12.7 Å². The van der Waals surface area contributed by atoms with Crippen LogP contribution in [0.4, 0.5) is 5.82 Å². The molecule has 3 heterocycles. The van der Waals surface area contributed by atoms with Crippen molar-refractivity contribution in [1.29, 1.82) is 0 Å². The summed E-state index contributed by atoms with van der Waals surface area (Å²) < 4.78 is 1.60. The molecule has 1 fully saturated rings. The molecule has 2 aromatic rings. The van der Waals surface area contributed by atoms with E-state index in [0.29, 0.717) is 18.9 Å². The summed E-state index contributed by atoms with van der Waals surface area (Å²) in [4.78, 5) is 28.9. The molecule has 1 saturated heterocycles. The average Bonchev–Trinajstić information content (AvgIpc) is 3.08. The molecule has 1 amide bonds. The molecule has 0 unspecified atom stereocenters. The third kappa shape index (κ3) is 3.30. The molecule has 0 aliphatic carbocycles. The number of piperazine rings is 1. The summed E-state index contributed by atoms with van der Waals surface area (Å²) in [6.07, 6.45) is 4.60. The molecule has 23 heavy (non-hydrogen) atoms. The van der Waals surface area contributed by atoms with Gasteiger partial charge in [-0.1, -0.05) is 20.8 Å². The lowest BCUT2D eigenvalue weighted by molar-refractivity contribution is -0.139. The van der Waals surface area contributed by atoms with Crippen molar-refractivity contribution >= 4 is 11.7 Å². The third-order valence-corrected chi connectivity index (χ3v) is 3.82. The Labute approximate surface area is 135 Å². The van der Waals surface area contributed by atoms with Crippen molar-refractivity contribution in [2.24, 2.45) is 5.41 Å². The first-order chi connectivity index (χ1) is 10.9. The second-order valence-electron chi connectivity index (χ2n) is 6.60. The Morgan fingerprint density at radius 1 is 1.04 bits per heavy atom. The minimum Gasteiger partial charge on any atom is -0.353 e. The molecule has 8 nitrogen and oxygen atoms in total. The van der Waals surface area contributed by atoms with E-state index in [0.717, 1.165) is 18.9 Å². The van der Waals surface area contributed by atoms with Gasteiger partial charge in [0.25, 0.3) is 0 Å². The summed E-state index contributed by atoms with van der Waals surface area (Å²) >= 11 is 0. The van der Waals surface area contributed by atoms with Crippen molar-refractivity contribution in [2.75, 3.05) is 31.1 Å². The van der Waals surface area contributed by atoms with Gasteiger partial charge in [-0.05, 0) is 0 Å². The Hall–Kier alpha value is -2.51. The van der Waals surface area contributed by atoms with Crippen molar-refractivity contribution in [2.45, 2.75) is 20.8 Å². The Morgan fingerprint density at radius 2 is 1.74 bits per heavy atom. The standard InChI is InChI=1S/C15H21N7O/c1-15(2,3)14(23)21-6-4-20(5-7-21)12-8-13(18-10-17-12)22-11-16-9-19-22/h8-11H,4-7H2,1-3H3. The maximum absolute atomic E-state index is 12.3. The molecule has 1 aliphatic heterocycles. The number of hydrogen-bond acceptors (Lipinski definition) is 6. The Kier molecular flexibility index (Phi) is 3.97. The Morgan fingerprint density at radius 3 is 2.35 bits per heavy atom. The first-order valence-corrected chi connectivity index (χ1v) is 7.66. The fourth-order valence-corrected chi connectivity index (χ4v) is 2.57.